The van der Waals surface area contributed by atoms with E-state index in [0.717, 1.165) is 23.4 Å². The highest BCUT2D eigenvalue weighted by Gasteiger charge is 2.25. The van der Waals surface area contributed by atoms with Gasteiger partial charge in [0, 0.05) is 12.2 Å². The fraction of sp³-hybridized carbons (Fsp3) is 0.333. The van der Waals surface area contributed by atoms with Crippen molar-refractivity contribution < 1.29 is 4.92 Å². The number of hydrogen-bond donors (Lipinski definition) is 1. The molecule has 0 saturated carbocycles. The van der Waals surface area contributed by atoms with Gasteiger partial charge in [0.1, 0.15) is 10.8 Å². The zero-order chi connectivity index (χ0) is 17.6. The van der Waals surface area contributed by atoms with Crippen LogP contribution < -0.4 is 0 Å². The van der Waals surface area contributed by atoms with Gasteiger partial charge in [0.05, 0.1) is 21.2 Å². The van der Waals surface area contributed by atoms with Gasteiger partial charge in [-0.05, 0) is 38.8 Å². The zero-order valence-corrected chi connectivity index (χ0v) is 14.9. The number of halogens is 2. The molecule has 0 atom stereocenters. The summed E-state index contributed by atoms with van der Waals surface area (Å²) in [5, 5.41) is 18.5. The molecule has 1 aromatic carbocycles. The predicted octanol–water partition coefficient (Wildman–Crippen LogP) is 4.14. The van der Waals surface area contributed by atoms with Crippen LogP contribution in [-0.2, 0) is 13.0 Å². The van der Waals surface area contributed by atoms with Gasteiger partial charge in [-0.2, -0.15) is 5.10 Å². The average Bonchev–Trinajstić information content (AvgIpc) is 2.98. The van der Waals surface area contributed by atoms with Crippen molar-refractivity contribution >= 4 is 39.9 Å². The van der Waals surface area contributed by atoms with Gasteiger partial charge in [0.15, 0.2) is 5.52 Å². The van der Waals surface area contributed by atoms with E-state index in [4.69, 9.17) is 23.2 Å². The van der Waals surface area contributed by atoms with Gasteiger partial charge in [-0.15, -0.1) is 0 Å². The van der Waals surface area contributed by atoms with Gasteiger partial charge in [0.25, 0.3) is 0 Å². The first-order valence-corrected chi connectivity index (χ1v) is 8.06. The monoisotopic (exact) mass is 367 g/mol. The number of aromatic amines is 1. The van der Waals surface area contributed by atoms with E-state index in [1.54, 1.807) is 13.0 Å². The van der Waals surface area contributed by atoms with Gasteiger partial charge in [0.2, 0.25) is 0 Å². The number of aryl methyl sites for hydroxylation is 4. The van der Waals surface area contributed by atoms with Crippen molar-refractivity contribution in [1.82, 2.24) is 19.7 Å². The van der Waals surface area contributed by atoms with E-state index in [9.17, 15) is 10.1 Å². The van der Waals surface area contributed by atoms with Crippen LogP contribution in [0.3, 0.4) is 0 Å². The minimum atomic E-state index is -0.544. The van der Waals surface area contributed by atoms with Crippen molar-refractivity contribution in [3.05, 3.63) is 49.0 Å². The van der Waals surface area contributed by atoms with E-state index < -0.39 is 4.92 Å². The Balaban J connectivity index is 2.09. The quantitative estimate of drug-likeness (QED) is 0.554. The number of nitrogens with zero attached hydrogens (tertiary/aromatic N) is 4. The Hall–Kier alpha value is -2.12. The summed E-state index contributed by atoms with van der Waals surface area (Å²) in [6.07, 6.45) is 0.731. The molecule has 0 radical (unpaired) electrons. The normalized spacial score (nSPS) is 11.4. The summed E-state index contributed by atoms with van der Waals surface area (Å²) in [5.74, 6) is 0.672. The molecular weight excluding hydrogens is 353 g/mol. The average molecular weight is 368 g/mol. The summed E-state index contributed by atoms with van der Waals surface area (Å²) in [4.78, 5) is 15.1. The Morgan fingerprint density at radius 1 is 1.33 bits per heavy atom. The van der Waals surface area contributed by atoms with Crippen LogP contribution in [0.4, 0.5) is 5.69 Å². The number of nitro groups is 1. The SMILES string of the molecule is Cc1n[nH]c(C)c1CCn1c(C)nc2c([N+](=O)[O-])c(Cl)c(Cl)cc21. The number of imidazole rings is 1. The smallest absolute Gasteiger partial charge is 0.317 e. The van der Waals surface area contributed by atoms with Crippen molar-refractivity contribution in [2.45, 2.75) is 33.7 Å². The number of nitro benzene ring substituents is 1. The predicted molar refractivity (Wildman–Crippen MR) is 92.9 cm³/mol. The first-order valence-electron chi connectivity index (χ1n) is 7.31. The lowest BCUT2D eigenvalue weighted by molar-refractivity contribution is -0.383. The molecule has 0 spiro atoms. The summed E-state index contributed by atoms with van der Waals surface area (Å²) in [6.45, 7) is 6.33. The van der Waals surface area contributed by atoms with Gasteiger partial charge in [-0.3, -0.25) is 15.2 Å². The minimum absolute atomic E-state index is 0.0830. The molecule has 0 aliphatic carbocycles. The molecule has 0 aliphatic heterocycles. The van der Waals surface area contributed by atoms with Gasteiger partial charge in [-0.1, -0.05) is 23.2 Å². The molecule has 2 aromatic heterocycles. The third-order valence-electron chi connectivity index (χ3n) is 4.15. The highest BCUT2D eigenvalue weighted by Crippen LogP contribution is 2.38. The number of benzene rings is 1. The fourth-order valence-corrected chi connectivity index (χ4v) is 3.32. The third kappa shape index (κ3) is 2.63. The van der Waals surface area contributed by atoms with Crippen LogP contribution >= 0.6 is 23.2 Å². The molecule has 24 heavy (non-hydrogen) atoms. The molecule has 9 heteroatoms. The van der Waals surface area contributed by atoms with Crippen molar-refractivity contribution in [1.29, 1.82) is 0 Å². The molecule has 7 nitrogen and oxygen atoms in total. The lowest BCUT2D eigenvalue weighted by Gasteiger charge is -2.08. The topological polar surface area (TPSA) is 89.6 Å². The fourth-order valence-electron chi connectivity index (χ4n) is 2.92. The van der Waals surface area contributed by atoms with Crippen LogP contribution in [0.25, 0.3) is 11.0 Å². The van der Waals surface area contributed by atoms with Crippen molar-refractivity contribution in [2.24, 2.45) is 0 Å². The molecular formula is C15H15Cl2N5O2. The Bertz CT molecular complexity index is 941. The molecule has 0 aliphatic rings. The maximum Gasteiger partial charge on any atom is 0.317 e. The molecule has 1 N–H and O–H groups in total. The number of hydrogen-bond acceptors (Lipinski definition) is 4. The first-order chi connectivity index (χ1) is 11.3. The summed E-state index contributed by atoms with van der Waals surface area (Å²) < 4.78 is 1.91. The summed E-state index contributed by atoms with van der Waals surface area (Å²) in [6, 6.07) is 1.63. The van der Waals surface area contributed by atoms with E-state index in [1.807, 2.05) is 18.4 Å². The van der Waals surface area contributed by atoms with Crippen LogP contribution in [0.15, 0.2) is 6.07 Å². The van der Waals surface area contributed by atoms with Crippen LogP contribution in [0.2, 0.25) is 10.0 Å². The molecule has 0 amide bonds. The Kier molecular flexibility index (Phi) is 4.23. The lowest BCUT2D eigenvalue weighted by atomic mass is 10.1. The highest BCUT2D eigenvalue weighted by atomic mass is 35.5. The summed E-state index contributed by atoms with van der Waals surface area (Å²) in [7, 11) is 0. The molecule has 0 unspecified atom stereocenters. The third-order valence-corrected chi connectivity index (χ3v) is 4.93. The summed E-state index contributed by atoms with van der Waals surface area (Å²) in [5.41, 5.74) is 3.70. The van der Waals surface area contributed by atoms with Gasteiger partial charge in [-0.25, -0.2) is 4.98 Å². The van der Waals surface area contributed by atoms with Gasteiger partial charge < -0.3 is 4.57 Å². The molecule has 0 saturated heterocycles. The van der Waals surface area contributed by atoms with Crippen LogP contribution in [0.1, 0.15) is 22.8 Å². The Morgan fingerprint density at radius 2 is 2.04 bits per heavy atom. The molecule has 126 valence electrons. The van der Waals surface area contributed by atoms with Crippen molar-refractivity contribution in [2.75, 3.05) is 0 Å². The highest BCUT2D eigenvalue weighted by molar-refractivity contribution is 6.44. The van der Waals surface area contributed by atoms with Gasteiger partial charge >= 0.3 is 5.69 Å². The first kappa shape index (κ1) is 16.7. The second-order valence-corrected chi connectivity index (χ2v) is 6.40. The number of H-pyrrole nitrogens is 1. The molecule has 2 heterocycles. The zero-order valence-electron chi connectivity index (χ0n) is 13.4. The second kappa shape index (κ2) is 6.07. The number of fused-ring (bicyclic) bond motifs is 1. The second-order valence-electron chi connectivity index (χ2n) is 5.62. The molecule has 0 bridgehead atoms. The van der Waals surface area contributed by atoms with E-state index in [2.05, 4.69) is 15.2 Å². The van der Waals surface area contributed by atoms with E-state index in [0.29, 0.717) is 17.9 Å². The van der Waals surface area contributed by atoms with Crippen LogP contribution in [0.5, 0.6) is 0 Å². The van der Waals surface area contributed by atoms with E-state index >= 15 is 0 Å². The van der Waals surface area contributed by atoms with Crippen molar-refractivity contribution in [3.63, 3.8) is 0 Å². The Morgan fingerprint density at radius 3 is 2.62 bits per heavy atom. The maximum atomic E-state index is 11.3. The maximum absolute atomic E-state index is 11.3. The molecule has 0 fully saturated rings. The standard InChI is InChI=1S/C15H15Cl2N5O2/c1-7-10(8(2)20-19-7)4-5-21-9(3)18-14-12(21)6-11(16)13(17)15(14)22(23)24/h6H,4-5H2,1-3H3,(H,19,20). The van der Waals surface area contributed by atoms with E-state index in [-0.39, 0.29) is 21.2 Å². The van der Waals surface area contributed by atoms with Crippen molar-refractivity contribution in [3.8, 4) is 0 Å². The molecule has 3 aromatic rings. The Labute approximate surface area is 147 Å². The number of nitrogens with one attached hydrogen (secondary N) is 1. The van der Waals surface area contributed by atoms with E-state index in [1.165, 1.54) is 0 Å². The van der Waals surface area contributed by atoms with Crippen LogP contribution in [0, 0.1) is 30.9 Å². The van der Waals surface area contributed by atoms with Crippen LogP contribution in [-0.4, -0.2) is 24.7 Å². The molecule has 3 rings (SSSR count). The minimum Gasteiger partial charge on any atom is -0.328 e. The number of rotatable bonds is 4. The largest absolute Gasteiger partial charge is 0.328 e. The lowest BCUT2D eigenvalue weighted by Crippen LogP contribution is -2.05. The number of aromatic nitrogens is 4. The summed E-state index contributed by atoms with van der Waals surface area (Å²) >= 11 is 12.1.